The largest absolute Gasteiger partial charge is 0.489 e. The zero-order valence-corrected chi connectivity index (χ0v) is 15.3. The van der Waals surface area contributed by atoms with Gasteiger partial charge in [-0.25, -0.2) is 8.42 Å². The van der Waals surface area contributed by atoms with Crippen LogP contribution in [0.2, 0.25) is 0 Å². The van der Waals surface area contributed by atoms with Crippen molar-refractivity contribution in [3.8, 4) is 5.75 Å². The molecule has 0 spiro atoms. The first-order chi connectivity index (χ1) is 11.9. The number of aryl methyl sites for hydroxylation is 1. The van der Waals surface area contributed by atoms with E-state index in [-0.39, 0.29) is 18.3 Å². The number of carbonyl (C=O) groups is 1. The van der Waals surface area contributed by atoms with Crippen molar-refractivity contribution in [3.63, 3.8) is 0 Å². The fraction of sp³-hybridized carbons (Fsp3) is 0.375. The topological polar surface area (TPSA) is 103 Å². The zero-order valence-electron chi connectivity index (χ0n) is 13.7. The monoisotopic (exact) mass is 381 g/mol. The summed E-state index contributed by atoms with van der Waals surface area (Å²) in [5.41, 5.74) is 5.34. The first-order valence-electron chi connectivity index (χ1n) is 7.85. The molecule has 0 bridgehead atoms. The molecule has 9 heteroatoms. The smallest absolute Gasteiger partial charge is 0.267 e. The van der Waals surface area contributed by atoms with Crippen LogP contribution in [0.1, 0.15) is 28.2 Å². The number of thiophene rings is 1. The van der Waals surface area contributed by atoms with Crippen LogP contribution in [0.5, 0.6) is 5.75 Å². The van der Waals surface area contributed by atoms with Gasteiger partial charge in [-0.3, -0.25) is 9.78 Å². The van der Waals surface area contributed by atoms with Gasteiger partial charge in [0.1, 0.15) is 21.8 Å². The van der Waals surface area contributed by atoms with Crippen LogP contribution in [0.4, 0.5) is 0 Å². The van der Waals surface area contributed by atoms with E-state index in [1.54, 1.807) is 18.2 Å². The number of hydrogen-bond acceptors (Lipinski definition) is 6. The van der Waals surface area contributed by atoms with Crippen LogP contribution in [0.15, 0.2) is 34.7 Å². The van der Waals surface area contributed by atoms with Gasteiger partial charge in [-0.15, -0.1) is 11.3 Å². The maximum Gasteiger partial charge on any atom is 0.267 e. The summed E-state index contributed by atoms with van der Waals surface area (Å²) in [5.74, 6) is -0.175. The Morgan fingerprint density at radius 3 is 2.88 bits per heavy atom. The van der Waals surface area contributed by atoms with Gasteiger partial charge in [0.05, 0.1) is 6.54 Å². The third kappa shape index (κ3) is 4.00. The highest BCUT2D eigenvalue weighted by molar-refractivity contribution is 7.91. The third-order valence-electron chi connectivity index (χ3n) is 3.94. The number of nitrogens with zero attached hydrogens (tertiary/aromatic N) is 2. The zero-order chi connectivity index (χ0) is 18.0. The second kappa shape index (κ2) is 7.11. The number of sulfonamides is 1. The fourth-order valence-electron chi connectivity index (χ4n) is 2.71. The Labute approximate surface area is 150 Å². The molecule has 2 aromatic rings. The number of ether oxygens (including phenoxy) is 1. The lowest BCUT2D eigenvalue weighted by Gasteiger charge is -2.31. The minimum atomic E-state index is -3.50. The molecular weight excluding hydrogens is 362 g/mol. The van der Waals surface area contributed by atoms with E-state index in [0.29, 0.717) is 22.9 Å². The summed E-state index contributed by atoms with van der Waals surface area (Å²) in [6, 6.07) is 6.54. The van der Waals surface area contributed by atoms with Crippen LogP contribution in [-0.4, -0.2) is 42.8 Å². The number of hydrogen-bond donors (Lipinski definition) is 1. The highest BCUT2D eigenvalue weighted by Crippen LogP contribution is 2.27. The van der Waals surface area contributed by atoms with Crippen molar-refractivity contribution in [1.29, 1.82) is 0 Å². The van der Waals surface area contributed by atoms with Gasteiger partial charge in [-0.05, 0) is 38.0 Å². The van der Waals surface area contributed by atoms with Crippen molar-refractivity contribution in [2.24, 2.45) is 5.73 Å². The number of rotatable bonds is 5. The van der Waals surface area contributed by atoms with E-state index in [1.165, 1.54) is 27.9 Å². The van der Waals surface area contributed by atoms with Gasteiger partial charge in [0.25, 0.3) is 15.9 Å². The van der Waals surface area contributed by atoms with E-state index in [1.807, 2.05) is 6.92 Å². The quantitative estimate of drug-likeness (QED) is 0.850. The van der Waals surface area contributed by atoms with Gasteiger partial charge in [0.15, 0.2) is 0 Å². The molecule has 2 aromatic heterocycles. The highest BCUT2D eigenvalue weighted by atomic mass is 32.2. The summed E-state index contributed by atoms with van der Waals surface area (Å²) in [5, 5.41) is 0. The minimum absolute atomic E-state index is 0.117. The predicted molar refractivity (Wildman–Crippen MR) is 94.2 cm³/mol. The van der Waals surface area contributed by atoms with Gasteiger partial charge in [0, 0.05) is 23.7 Å². The summed E-state index contributed by atoms with van der Waals surface area (Å²) in [6.45, 7) is 2.63. The molecule has 134 valence electrons. The molecule has 0 radical (unpaired) electrons. The molecule has 0 saturated carbocycles. The van der Waals surface area contributed by atoms with Gasteiger partial charge in [0.2, 0.25) is 0 Å². The third-order valence-corrected chi connectivity index (χ3v) is 7.27. The summed E-state index contributed by atoms with van der Waals surface area (Å²) in [6.07, 6.45) is 2.61. The van der Waals surface area contributed by atoms with Crippen molar-refractivity contribution >= 4 is 27.3 Å². The fourth-order valence-corrected chi connectivity index (χ4v) is 5.66. The van der Waals surface area contributed by atoms with E-state index in [9.17, 15) is 13.2 Å². The lowest BCUT2D eigenvalue weighted by molar-refractivity contribution is 0.0993. The molecule has 2 N–H and O–H groups in total. The number of carbonyl (C=O) groups excluding carboxylic acids is 1. The Bertz CT molecular complexity index is 879. The van der Waals surface area contributed by atoms with Crippen LogP contribution < -0.4 is 10.5 Å². The van der Waals surface area contributed by atoms with Crippen molar-refractivity contribution in [1.82, 2.24) is 9.29 Å². The highest BCUT2D eigenvalue weighted by Gasteiger charge is 2.32. The van der Waals surface area contributed by atoms with Gasteiger partial charge >= 0.3 is 0 Å². The van der Waals surface area contributed by atoms with Crippen LogP contribution in [0, 0.1) is 6.92 Å². The Kier molecular flexibility index (Phi) is 5.07. The normalized spacial score (nSPS) is 18.8. The van der Waals surface area contributed by atoms with Gasteiger partial charge in [-0.1, -0.05) is 0 Å². The maximum absolute atomic E-state index is 12.8. The van der Waals surface area contributed by atoms with Gasteiger partial charge < -0.3 is 10.5 Å². The minimum Gasteiger partial charge on any atom is -0.489 e. The molecule has 1 amide bonds. The molecule has 1 aliphatic heterocycles. The summed E-state index contributed by atoms with van der Waals surface area (Å²) >= 11 is 1.27. The average Bonchev–Trinajstić information content (AvgIpc) is 3.03. The van der Waals surface area contributed by atoms with Crippen molar-refractivity contribution in [2.45, 2.75) is 30.1 Å². The number of piperidine rings is 1. The van der Waals surface area contributed by atoms with Gasteiger partial charge in [-0.2, -0.15) is 4.31 Å². The number of primary amides is 1. The molecule has 7 nitrogen and oxygen atoms in total. The first kappa shape index (κ1) is 17.8. The summed E-state index contributed by atoms with van der Waals surface area (Å²) < 4.78 is 33.2. The molecule has 0 aromatic carbocycles. The van der Waals surface area contributed by atoms with Crippen LogP contribution in [0.3, 0.4) is 0 Å². The molecule has 1 aliphatic rings. The summed E-state index contributed by atoms with van der Waals surface area (Å²) in [4.78, 5) is 16.0. The predicted octanol–water partition coefficient (Wildman–Crippen LogP) is 1.78. The number of pyridine rings is 1. The maximum atomic E-state index is 12.8. The Morgan fingerprint density at radius 1 is 1.40 bits per heavy atom. The van der Waals surface area contributed by atoms with Crippen molar-refractivity contribution in [3.05, 3.63) is 41.0 Å². The van der Waals surface area contributed by atoms with Crippen molar-refractivity contribution in [2.75, 3.05) is 13.1 Å². The van der Waals surface area contributed by atoms with Crippen LogP contribution in [0.25, 0.3) is 0 Å². The molecular formula is C16H19N3O4S2. The molecule has 1 unspecified atom stereocenters. The van der Waals surface area contributed by atoms with E-state index in [4.69, 9.17) is 10.5 Å². The standard InChI is InChI=1S/C16H19N3O4S2/c1-11-4-5-15(24-11)25(21,22)19-8-2-3-13(10-19)23-12-6-7-18-14(9-12)16(17)20/h4-7,9,13H,2-3,8,10H2,1H3,(H2,17,20). The van der Waals surface area contributed by atoms with E-state index < -0.39 is 15.9 Å². The molecule has 25 heavy (non-hydrogen) atoms. The van der Waals surface area contributed by atoms with E-state index >= 15 is 0 Å². The molecule has 3 heterocycles. The molecule has 1 fully saturated rings. The Morgan fingerprint density at radius 2 is 2.20 bits per heavy atom. The summed E-state index contributed by atoms with van der Waals surface area (Å²) in [7, 11) is -3.50. The van der Waals surface area contributed by atoms with E-state index in [0.717, 1.165) is 11.3 Å². The SMILES string of the molecule is Cc1ccc(S(=O)(=O)N2CCCC(Oc3ccnc(C(N)=O)c3)C2)s1. The lowest BCUT2D eigenvalue weighted by Crippen LogP contribution is -2.44. The average molecular weight is 381 g/mol. The number of amides is 1. The molecule has 0 aliphatic carbocycles. The van der Waals surface area contributed by atoms with Crippen LogP contribution >= 0.6 is 11.3 Å². The van der Waals surface area contributed by atoms with Crippen molar-refractivity contribution < 1.29 is 17.9 Å². The Balaban J connectivity index is 1.73. The number of aromatic nitrogens is 1. The Hall–Kier alpha value is -1.97. The molecule has 1 saturated heterocycles. The lowest BCUT2D eigenvalue weighted by atomic mass is 10.1. The first-order valence-corrected chi connectivity index (χ1v) is 10.1. The second-order valence-electron chi connectivity index (χ2n) is 5.85. The molecule has 3 rings (SSSR count). The van der Waals surface area contributed by atoms with E-state index in [2.05, 4.69) is 4.98 Å². The molecule has 1 atom stereocenters. The second-order valence-corrected chi connectivity index (χ2v) is 9.30. The number of nitrogens with two attached hydrogens (primary N) is 1. The van der Waals surface area contributed by atoms with Crippen LogP contribution in [-0.2, 0) is 10.0 Å².